The van der Waals surface area contributed by atoms with Gasteiger partial charge in [0.25, 0.3) is 5.91 Å². The van der Waals surface area contributed by atoms with Crippen LogP contribution in [0.1, 0.15) is 17.4 Å². The third-order valence-electron chi connectivity index (χ3n) is 2.18. The number of amides is 1. The maximum atomic E-state index is 12.3. The summed E-state index contributed by atoms with van der Waals surface area (Å²) in [6.07, 6.45) is -3.14. The van der Waals surface area contributed by atoms with Gasteiger partial charge in [-0.25, -0.2) is 0 Å². The first-order valence-electron chi connectivity index (χ1n) is 5.16. The molecular formula is C10H13F3N4O. The van der Waals surface area contributed by atoms with Gasteiger partial charge in [0.05, 0.1) is 5.69 Å². The van der Waals surface area contributed by atoms with Gasteiger partial charge in [0.1, 0.15) is 12.2 Å². The molecule has 0 spiro atoms. The molecule has 5 nitrogen and oxygen atoms in total. The Morgan fingerprint density at radius 3 is 2.72 bits per heavy atom. The zero-order valence-electron chi connectivity index (χ0n) is 9.66. The first kappa shape index (κ1) is 14.2. The first-order chi connectivity index (χ1) is 8.37. The Balaban J connectivity index is 2.89. The molecule has 0 aliphatic carbocycles. The van der Waals surface area contributed by atoms with Crippen LogP contribution >= 0.6 is 0 Å². The highest BCUT2D eigenvalue weighted by molar-refractivity contribution is 5.93. The molecule has 0 unspecified atom stereocenters. The number of hydrazine groups is 1. The molecule has 8 heteroatoms. The number of nitrogens with two attached hydrogens (primary N) is 1. The Kier molecular flexibility index (Phi) is 4.49. The van der Waals surface area contributed by atoms with Crippen molar-refractivity contribution in [1.82, 2.24) is 9.88 Å². The SMILES string of the molecule is CCN(CC(F)(F)F)C(=O)c1cc(NN)ccn1. The second-order valence-corrected chi connectivity index (χ2v) is 3.51. The number of pyridine rings is 1. The summed E-state index contributed by atoms with van der Waals surface area (Å²) in [7, 11) is 0. The predicted molar refractivity (Wildman–Crippen MR) is 59.7 cm³/mol. The summed E-state index contributed by atoms with van der Waals surface area (Å²) in [6.45, 7) is 0.110. The van der Waals surface area contributed by atoms with Crippen LogP contribution in [0.25, 0.3) is 0 Å². The van der Waals surface area contributed by atoms with Crippen molar-refractivity contribution in [3.05, 3.63) is 24.0 Å². The number of hydrogen-bond acceptors (Lipinski definition) is 4. The average molecular weight is 262 g/mol. The molecule has 1 amide bonds. The van der Waals surface area contributed by atoms with Crippen LogP contribution in [0.3, 0.4) is 0 Å². The summed E-state index contributed by atoms with van der Waals surface area (Å²) in [5.74, 6) is 4.36. The highest BCUT2D eigenvalue weighted by atomic mass is 19.4. The standard InChI is InChI=1S/C10H13F3N4O/c1-2-17(6-10(11,12)13)9(18)8-5-7(16-14)3-4-15-8/h3-5H,2,6,14H2,1H3,(H,15,16). The summed E-state index contributed by atoms with van der Waals surface area (Å²) >= 11 is 0. The molecular weight excluding hydrogens is 249 g/mol. The van der Waals surface area contributed by atoms with Gasteiger partial charge in [-0.15, -0.1) is 0 Å². The topological polar surface area (TPSA) is 71.2 Å². The molecule has 0 atom stereocenters. The monoisotopic (exact) mass is 262 g/mol. The molecule has 18 heavy (non-hydrogen) atoms. The van der Waals surface area contributed by atoms with Gasteiger partial charge in [0.15, 0.2) is 0 Å². The van der Waals surface area contributed by atoms with Crippen LogP contribution in [0.5, 0.6) is 0 Å². The molecule has 1 rings (SSSR count). The Morgan fingerprint density at radius 1 is 1.56 bits per heavy atom. The third-order valence-corrected chi connectivity index (χ3v) is 2.18. The van der Waals surface area contributed by atoms with Crippen LogP contribution in [0.2, 0.25) is 0 Å². The minimum absolute atomic E-state index is 0.0553. The number of halogens is 3. The lowest BCUT2D eigenvalue weighted by atomic mass is 10.3. The van der Waals surface area contributed by atoms with E-state index in [1.54, 1.807) is 0 Å². The van der Waals surface area contributed by atoms with Crippen molar-refractivity contribution in [3.8, 4) is 0 Å². The number of nitrogens with zero attached hydrogens (tertiary/aromatic N) is 2. The third kappa shape index (κ3) is 3.88. The molecule has 0 bridgehead atoms. The van der Waals surface area contributed by atoms with E-state index in [2.05, 4.69) is 10.4 Å². The zero-order valence-corrected chi connectivity index (χ0v) is 9.66. The summed E-state index contributed by atoms with van der Waals surface area (Å²) in [5, 5.41) is 0. The van der Waals surface area contributed by atoms with Gasteiger partial charge in [-0.2, -0.15) is 13.2 Å². The summed E-state index contributed by atoms with van der Waals surface area (Å²) in [5.41, 5.74) is 2.61. The molecule has 3 N–H and O–H groups in total. The quantitative estimate of drug-likeness (QED) is 0.635. The molecule has 100 valence electrons. The lowest BCUT2D eigenvalue weighted by Crippen LogP contribution is -2.39. The zero-order chi connectivity index (χ0) is 13.8. The van der Waals surface area contributed by atoms with Gasteiger partial charge in [-0.3, -0.25) is 15.6 Å². The minimum Gasteiger partial charge on any atom is -0.328 e. The molecule has 0 radical (unpaired) electrons. The molecule has 1 aromatic rings. The molecule has 1 aromatic heterocycles. The van der Waals surface area contributed by atoms with E-state index in [1.165, 1.54) is 25.3 Å². The Bertz CT molecular complexity index is 422. The molecule has 0 aliphatic rings. The van der Waals surface area contributed by atoms with E-state index in [-0.39, 0.29) is 12.2 Å². The molecule has 0 aliphatic heterocycles. The number of carbonyl (C=O) groups excluding carboxylic acids is 1. The average Bonchev–Trinajstić information content (AvgIpc) is 2.34. The number of aromatic nitrogens is 1. The van der Waals surface area contributed by atoms with Gasteiger partial charge >= 0.3 is 6.18 Å². The summed E-state index contributed by atoms with van der Waals surface area (Å²) in [6, 6.07) is 2.79. The van der Waals surface area contributed by atoms with E-state index in [4.69, 9.17) is 5.84 Å². The van der Waals surface area contributed by atoms with Gasteiger partial charge in [-0.1, -0.05) is 0 Å². The van der Waals surface area contributed by atoms with Gasteiger partial charge in [0, 0.05) is 12.7 Å². The number of nitrogen functional groups attached to an aromatic ring is 1. The van der Waals surface area contributed by atoms with Crippen LogP contribution in [0.4, 0.5) is 18.9 Å². The van der Waals surface area contributed by atoms with Crippen LogP contribution in [-0.2, 0) is 0 Å². The van der Waals surface area contributed by atoms with Crippen LogP contribution < -0.4 is 11.3 Å². The van der Waals surface area contributed by atoms with Crippen LogP contribution in [0, 0.1) is 0 Å². The second kappa shape index (κ2) is 5.67. The lowest BCUT2D eigenvalue weighted by Gasteiger charge is -2.21. The maximum absolute atomic E-state index is 12.3. The maximum Gasteiger partial charge on any atom is 0.406 e. The molecule has 1 heterocycles. The highest BCUT2D eigenvalue weighted by Gasteiger charge is 2.32. The minimum atomic E-state index is -4.44. The Morgan fingerprint density at radius 2 is 2.22 bits per heavy atom. The molecule has 0 aromatic carbocycles. The van der Waals surface area contributed by atoms with E-state index < -0.39 is 18.6 Å². The molecule has 0 fully saturated rings. The fraction of sp³-hybridized carbons (Fsp3) is 0.400. The van der Waals surface area contributed by atoms with Crippen molar-refractivity contribution >= 4 is 11.6 Å². The van der Waals surface area contributed by atoms with Crippen molar-refractivity contribution in [2.75, 3.05) is 18.5 Å². The smallest absolute Gasteiger partial charge is 0.328 e. The van der Waals surface area contributed by atoms with Crippen molar-refractivity contribution in [1.29, 1.82) is 0 Å². The van der Waals surface area contributed by atoms with E-state index in [0.29, 0.717) is 10.6 Å². The normalized spacial score (nSPS) is 11.2. The Hall–Kier alpha value is -1.83. The van der Waals surface area contributed by atoms with Crippen LogP contribution in [-0.4, -0.2) is 35.1 Å². The molecule has 0 saturated carbocycles. The van der Waals surface area contributed by atoms with Crippen molar-refractivity contribution in [3.63, 3.8) is 0 Å². The molecule has 0 saturated heterocycles. The number of anilines is 1. The van der Waals surface area contributed by atoms with E-state index >= 15 is 0 Å². The van der Waals surface area contributed by atoms with Gasteiger partial charge < -0.3 is 10.3 Å². The second-order valence-electron chi connectivity index (χ2n) is 3.51. The van der Waals surface area contributed by atoms with Crippen molar-refractivity contribution in [2.24, 2.45) is 5.84 Å². The van der Waals surface area contributed by atoms with Gasteiger partial charge in [0.2, 0.25) is 0 Å². The van der Waals surface area contributed by atoms with E-state index in [0.717, 1.165) is 0 Å². The van der Waals surface area contributed by atoms with Crippen LogP contribution in [0.15, 0.2) is 18.3 Å². The Labute approximate surface area is 102 Å². The largest absolute Gasteiger partial charge is 0.406 e. The summed E-state index contributed by atoms with van der Waals surface area (Å²) in [4.78, 5) is 16.2. The first-order valence-corrected chi connectivity index (χ1v) is 5.16. The fourth-order valence-electron chi connectivity index (χ4n) is 1.34. The van der Waals surface area contributed by atoms with E-state index in [1.807, 2.05) is 0 Å². The number of rotatable bonds is 4. The summed E-state index contributed by atoms with van der Waals surface area (Å²) < 4.78 is 36.8. The van der Waals surface area contributed by atoms with E-state index in [9.17, 15) is 18.0 Å². The number of alkyl halides is 3. The number of hydrogen-bond donors (Lipinski definition) is 2. The predicted octanol–water partition coefficient (Wildman–Crippen LogP) is 1.39. The van der Waals surface area contributed by atoms with Gasteiger partial charge in [-0.05, 0) is 19.1 Å². The van der Waals surface area contributed by atoms with Crippen molar-refractivity contribution in [2.45, 2.75) is 13.1 Å². The number of nitrogens with one attached hydrogen (secondary N) is 1. The fourth-order valence-corrected chi connectivity index (χ4v) is 1.34. The number of carbonyl (C=O) groups is 1. The highest BCUT2D eigenvalue weighted by Crippen LogP contribution is 2.18. The van der Waals surface area contributed by atoms with Crippen molar-refractivity contribution < 1.29 is 18.0 Å². The lowest BCUT2D eigenvalue weighted by molar-refractivity contribution is -0.140.